The van der Waals surface area contributed by atoms with Gasteiger partial charge in [-0.3, -0.25) is 0 Å². The SMILES string of the molecule is C[Si](C)(C)C1([Si](C)(C)C)CCC([Si](C)(C)C)([Si](C)(C)C)[Si]1(Cl)Cl. The van der Waals surface area contributed by atoms with Crippen LogP contribution in [0.3, 0.4) is 0 Å². The maximum atomic E-state index is 7.79. The molecule has 1 aliphatic heterocycles. The molecule has 138 valence electrons. The van der Waals surface area contributed by atoms with Gasteiger partial charge in [-0.2, -0.15) is 0 Å². The molecule has 1 saturated heterocycles. The van der Waals surface area contributed by atoms with E-state index in [1.54, 1.807) is 0 Å². The molecule has 0 aliphatic carbocycles. The Hall–Kier alpha value is 1.66. The van der Waals surface area contributed by atoms with Gasteiger partial charge in [0.15, 0.2) is 0 Å². The lowest BCUT2D eigenvalue weighted by Gasteiger charge is -2.61. The first-order chi connectivity index (χ1) is 9.71. The van der Waals surface area contributed by atoms with Crippen molar-refractivity contribution in [2.75, 3.05) is 0 Å². The Morgan fingerprint density at radius 2 is 0.696 bits per heavy atom. The van der Waals surface area contributed by atoms with Gasteiger partial charge in [-0.25, -0.2) is 0 Å². The van der Waals surface area contributed by atoms with Crippen molar-refractivity contribution in [3.05, 3.63) is 0 Å². The summed E-state index contributed by atoms with van der Waals surface area (Å²) >= 11 is 15.6. The van der Waals surface area contributed by atoms with E-state index in [9.17, 15) is 0 Å². The Morgan fingerprint density at radius 3 is 0.783 bits per heavy atom. The van der Waals surface area contributed by atoms with Crippen LogP contribution in [0.1, 0.15) is 12.8 Å². The average Bonchev–Trinajstić information content (AvgIpc) is 2.42. The topological polar surface area (TPSA) is 0 Å². The third kappa shape index (κ3) is 2.83. The summed E-state index contributed by atoms with van der Waals surface area (Å²) in [7, 11) is -5.95. The standard InChI is InChI=1S/C16H40Cl2Si5/c1-19(2,3)15(20(4,5)6)13-14-16(21(7,8)9,22(10,11)12)23(15,17)18/h13-14H2,1-12H3. The van der Waals surface area contributed by atoms with Crippen molar-refractivity contribution in [3.8, 4) is 0 Å². The van der Waals surface area contributed by atoms with Gasteiger partial charge in [0, 0.05) is 32.3 Å². The molecule has 1 fully saturated rings. The van der Waals surface area contributed by atoms with Crippen molar-refractivity contribution in [2.24, 2.45) is 0 Å². The summed E-state index contributed by atoms with van der Waals surface area (Å²) in [6.45, 7) is 28.2. The number of rotatable bonds is 4. The second kappa shape index (κ2) is 5.83. The van der Waals surface area contributed by atoms with Gasteiger partial charge in [0.25, 0.3) is 6.69 Å². The maximum absolute atomic E-state index is 7.79. The Labute approximate surface area is 160 Å². The second-order valence-corrected chi connectivity index (χ2v) is 43.1. The fourth-order valence-corrected chi connectivity index (χ4v) is 70.5. The quantitative estimate of drug-likeness (QED) is 0.308. The molecule has 0 bridgehead atoms. The largest absolute Gasteiger partial charge is 0.253 e. The van der Waals surface area contributed by atoms with Crippen LogP contribution in [0.4, 0.5) is 0 Å². The van der Waals surface area contributed by atoms with Crippen LogP contribution < -0.4 is 0 Å². The summed E-state index contributed by atoms with van der Waals surface area (Å²) in [5, 5.41) is 0. The Morgan fingerprint density at radius 1 is 0.522 bits per heavy atom. The van der Waals surface area contributed by atoms with Gasteiger partial charge in [-0.05, 0) is 8.57 Å². The lowest BCUT2D eigenvalue weighted by Crippen LogP contribution is -2.71. The van der Waals surface area contributed by atoms with Gasteiger partial charge < -0.3 is 0 Å². The van der Waals surface area contributed by atoms with Crippen LogP contribution >= 0.6 is 22.2 Å². The predicted octanol–water partition coefficient (Wildman–Crippen LogP) is 7.69. The molecule has 7 heteroatoms. The fraction of sp³-hybridized carbons (Fsp3) is 1.00. The highest BCUT2D eigenvalue weighted by Gasteiger charge is 2.80. The summed E-state index contributed by atoms with van der Waals surface area (Å²) in [6, 6.07) is 0. The minimum atomic E-state index is -2.45. The van der Waals surface area contributed by atoms with Crippen LogP contribution in [0.15, 0.2) is 0 Å². The van der Waals surface area contributed by atoms with Crippen molar-refractivity contribution in [3.63, 3.8) is 0 Å². The molecule has 0 aromatic rings. The molecule has 0 unspecified atom stereocenters. The van der Waals surface area contributed by atoms with Gasteiger partial charge in [0.2, 0.25) is 0 Å². The van der Waals surface area contributed by atoms with Crippen LogP contribution in [0.25, 0.3) is 0 Å². The highest BCUT2D eigenvalue weighted by molar-refractivity contribution is 7.59. The molecule has 0 saturated carbocycles. The van der Waals surface area contributed by atoms with Gasteiger partial charge in [0.1, 0.15) is 0 Å². The molecule has 1 rings (SSSR count). The molecule has 0 amide bonds. The lowest BCUT2D eigenvalue weighted by molar-refractivity contribution is 0.763. The molecule has 1 heterocycles. The summed E-state index contributed by atoms with van der Waals surface area (Å²) in [6.07, 6.45) is 2.65. The van der Waals surface area contributed by atoms with Crippen LogP contribution in [0.2, 0.25) is 87.1 Å². The summed E-state index contributed by atoms with van der Waals surface area (Å²) in [5.74, 6) is 0. The Kier molecular flexibility index (Phi) is 5.75. The molecule has 0 radical (unpaired) electrons. The normalized spacial score (nSPS) is 24.8. The first-order valence-electron chi connectivity index (χ1n) is 9.09. The second-order valence-electron chi connectivity index (χ2n) is 11.9. The molecule has 0 atom stereocenters. The summed E-state index contributed by atoms with van der Waals surface area (Å²) in [5.41, 5.74) is 0. The zero-order chi connectivity index (χ0) is 18.9. The molecule has 23 heavy (non-hydrogen) atoms. The summed E-state index contributed by atoms with van der Waals surface area (Å²) in [4.78, 5) is 0. The molecular formula is C16H40Cl2Si5. The van der Waals surface area contributed by atoms with E-state index >= 15 is 0 Å². The third-order valence-electron chi connectivity index (χ3n) is 7.07. The number of hydrogen-bond acceptors (Lipinski definition) is 0. The molecule has 0 aromatic heterocycles. The van der Waals surface area contributed by atoms with Crippen molar-refractivity contribution >= 4 is 61.1 Å². The number of hydrogen-bond donors (Lipinski definition) is 0. The van der Waals surface area contributed by atoms with Crippen LogP contribution in [0, 0.1) is 0 Å². The third-order valence-corrected chi connectivity index (χ3v) is 51.1. The Bertz CT molecular complexity index is 391. The first-order valence-corrected chi connectivity index (χ1v) is 27.1. The van der Waals surface area contributed by atoms with E-state index in [4.69, 9.17) is 22.2 Å². The van der Waals surface area contributed by atoms with Crippen molar-refractivity contribution in [2.45, 2.75) is 100.0 Å². The molecule has 0 aromatic carbocycles. The maximum Gasteiger partial charge on any atom is 0.253 e. The molecule has 1 aliphatic rings. The van der Waals surface area contributed by atoms with Crippen LogP contribution in [-0.4, -0.2) is 39.0 Å². The van der Waals surface area contributed by atoms with E-state index in [2.05, 4.69) is 78.6 Å². The zero-order valence-electron chi connectivity index (χ0n) is 17.7. The van der Waals surface area contributed by atoms with Crippen LogP contribution in [-0.2, 0) is 0 Å². The lowest BCUT2D eigenvalue weighted by atomic mass is 10.4. The van der Waals surface area contributed by atoms with Gasteiger partial charge in [-0.15, -0.1) is 22.2 Å². The van der Waals surface area contributed by atoms with E-state index < -0.39 is 39.0 Å². The van der Waals surface area contributed by atoms with Crippen molar-refractivity contribution in [1.82, 2.24) is 0 Å². The molecular weight excluding hydrogens is 404 g/mol. The van der Waals surface area contributed by atoms with Gasteiger partial charge in [-0.1, -0.05) is 91.4 Å². The molecule has 0 spiro atoms. The van der Waals surface area contributed by atoms with E-state index in [0.717, 1.165) is 0 Å². The fourth-order valence-electron chi connectivity index (χ4n) is 6.69. The van der Waals surface area contributed by atoms with Crippen LogP contribution in [0.5, 0.6) is 0 Å². The Balaban J connectivity index is 3.88. The zero-order valence-corrected chi connectivity index (χ0v) is 24.2. The van der Waals surface area contributed by atoms with E-state index in [0.29, 0.717) is 8.57 Å². The number of halogens is 2. The minimum Gasteiger partial charge on any atom is -0.146 e. The van der Waals surface area contributed by atoms with Gasteiger partial charge >= 0.3 is 0 Å². The van der Waals surface area contributed by atoms with Gasteiger partial charge in [0.05, 0.1) is 0 Å². The summed E-state index contributed by atoms with van der Waals surface area (Å²) < 4.78 is 0.660. The molecule has 0 nitrogen and oxygen atoms in total. The van der Waals surface area contributed by atoms with E-state index in [1.165, 1.54) is 12.8 Å². The predicted molar refractivity (Wildman–Crippen MR) is 125 cm³/mol. The average molecular weight is 444 g/mol. The van der Waals surface area contributed by atoms with E-state index in [-0.39, 0.29) is 0 Å². The smallest absolute Gasteiger partial charge is 0.146 e. The van der Waals surface area contributed by atoms with E-state index in [1.807, 2.05) is 0 Å². The van der Waals surface area contributed by atoms with Crippen molar-refractivity contribution in [1.29, 1.82) is 0 Å². The minimum absolute atomic E-state index is 0.330. The molecule has 0 N–H and O–H groups in total. The monoisotopic (exact) mass is 442 g/mol. The highest BCUT2D eigenvalue weighted by atomic mass is 35.7. The first kappa shape index (κ1) is 22.7. The highest BCUT2D eigenvalue weighted by Crippen LogP contribution is 2.78. The van der Waals surface area contributed by atoms with Crippen molar-refractivity contribution < 1.29 is 0 Å².